The molecule has 0 aromatic carbocycles. The van der Waals surface area contributed by atoms with Crippen LogP contribution in [-0.4, -0.2) is 643 Å². The van der Waals surface area contributed by atoms with E-state index in [9.17, 15) is 193 Å². The number of hydrogen-bond donors (Lipinski definition) is 38. The van der Waals surface area contributed by atoms with Crippen molar-refractivity contribution >= 4 is 11.8 Å². The SMILES string of the molecule is CC(=O)N[C@@H]1[C@@H](O)[C@H](O[C@@H]2O[C@H](CO)[C@@H](O[C@@H]3O[C@H](CO[C@H]4O[C@H](CO[C@H]5O[C@H](CO)[C@@H](O)[C@H](O)[C@@H]5O)[C@@H](O)[C@H](O[C@H]5O[C@H](CO)[C@@H](O)[C@H](O)[C@@H]5O)[C@@H]4O)[C@@H](O)[C@H](O[C@H]4O[C@H](CO[C@H]5O[C@H](CO)[C@@H](O)[C@H](O)[C@@H]5O[C@H]5O[C@H](CO)[C@@H](O)[C@H](O)[C@@H]5O)[C@@H](O)[C@H](O)[C@@H]4O[C@H]4O[C@H](CO)[C@@H](O)[C@H](O)[C@@H]4O[C@H]4O[C@H](CO)[C@@H](O)[C@H](O[C@H]5O[C@H](CO)[C@@H](O)[C@H](O)[C@@H]5O)[C@@H]4O)[C@@H]3O)[C@H](O)[C@H]2NC(C)=O)[C@@H](CO)O[C@H]1O. The van der Waals surface area contributed by atoms with Crippen molar-refractivity contribution in [3.05, 3.63) is 0 Å². The number of carbonyl (C=O) groups excluding carboxylic acids is 2. The summed E-state index contributed by atoms with van der Waals surface area (Å²) in [6, 6.07) is -3.80. The first kappa shape index (κ1) is 114. The molecule has 12 aliphatic rings. The van der Waals surface area contributed by atoms with Gasteiger partial charge < -0.3 is 303 Å². The largest absolute Gasteiger partial charge is 0.394 e. The van der Waals surface area contributed by atoms with E-state index in [0.717, 1.165) is 13.8 Å². The summed E-state index contributed by atoms with van der Waals surface area (Å²) in [5, 5.41) is 408. The molecule has 12 fully saturated rings. The zero-order valence-corrected chi connectivity index (χ0v) is 73.4. The maximum absolute atomic E-state index is 13.2. The van der Waals surface area contributed by atoms with E-state index >= 15 is 0 Å². The third kappa shape index (κ3) is 24.7. The van der Waals surface area contributed by atoms with Crippen LogP contribution in [-0.2, 0) is 119 Å². The Hall–Kier alpha value is -3.42. The molecule has 63 nitrogen and oxygen atoms in total. The Labute approximate surface area is 784 Å². The molecule has 2 amide bonds. The summed E-state index contributed by atoms with van der Waals surface area (Å²) in [6.45, 7) is -12.2. The average Bonchev–Trinajstić information content (AvgIpc) is 0.761. The molecule has 12 aliphatic heterocycles. The van der Waals surface area contributed by atoms with E-state index in [2.05, 4.69) is 10.6 Å². The summed E-state index contributed by atoms with van der Waals surface area (Å²) < 4.78 is 135. The van der Waals surface area contributed by atoms with E-state index in [1.165, 1.54) is 0 Å². The highest BCUT2D eigenvalue weighted by atomic mass is 16.8. The number of rotatable bonds is 36. The lowest BCUT2D eigenvalue weighted by Gasteiger charge is -2.51. The first-order chi connectivity index (χ1) is 65.8. The highest BCUT2D eigenvalue weighted by Crippen LogP contribution is 2.42. The summed E-state index contributed by atoms with van der Waals surface area (Å²) >= 11 is 0. The Bertz CT molecular complexity index is 3730. The number of amides is 2. The van der Waals surface area contributed by atoms with Crippen molar-refractivity contribution in [1.82, 2.24) is 10.6 Å². The minimum absolute atomic E-state index is 0.846. The van der Waals surface area contributed by atoms with Crippen LogP contribution in [0.15, 0.2) is 0 Å². The van der Waals surface area contributed by atoms with Gasteiger partial charge in [-0.25, -0.2) is 0 Å². The first-order valence-electron chi connectivity index (χ1n) is 44.2. The van der Waals surface area contributed by atoms with Crippen molar-refractivity contribution < 1.29 is 302 Å². The standard InChI is InChI=1S/C76H128N2O61/c1-15(88)77-29-41(100)57(24(10-86)120-65(29)116)132-66-30(78-16(2)89)42(101)58(25(11-87)128-66)133-73-56(115)61(40(99)28(130-73)14-118-68-54(113)60(135-70-52(111)45(104)33(92)19(5-81)123-70)39(98)27(129-68)13-117-67-50(109)43(102)31(90)17(3-79)121-67)136-76-64(49(108)37(96)26(131-76)12-119-74-62(47(106)35(94)21(7-83)126-74)137-71-53(112)46(105)34(93)20(6-82)124-71)139-75-63(48(107)36(95)22(8-84)127-75)138-72-55(114)59(38(97)23(9-85)125-72)134-69-51(110)44(103)32(91)18(4-80)122-69/h17-76,79-87,90-116H,3-14H2,1-2H3,(H,77,88)(H,78,89)/t17-,18-,19-,20-,21-,22-,23-,24-,25-,26-,27-,28-,29-,30-,31-,32-,33-,34-,35-,36-,37-,38-,39-,40-,41-,42-,43+,44+,45+,46+,47+,48+,49+,50+,51+,52+,53+,54+,55+,56+,57-,58-,59+,60+,61+,62+,63+,64+,65-,66+,67+,68+,69-,70-,71-,72-,73+,74+,75-,76-/m1/s1. The highest BCUT2D eigenvalue weighted by molar-refractivity contribution is 5.73. The second-order valence-electron chi connectivity index (χ2n) is 35.2. The molecule has 60 atom stereocenters. The molecule has 0 spiro atoms. The summed E-state index contributed by atoms with van der Waals surface area (Å²) in [6.07, 6.45) is -131. The molecule has 0 unspecified atom stereocenters. The Morgan fingerprint density at radius 2 is 0.396 bits per heavy atom. The Morgan fingerprint density at radius 1 is 0.187 bits per heavy atom. The fraction of sp³-hybridized carbons (Fsp3) is 0.974. The van der Waals surface area contributed by atoms with Gasteiger partial charge in [0, 0.05) is 13.8 Å². The zero-order chi connectivity index (χ0) is 102. The van der Waals surface area contributed by atoms with Gasteiger partial charge >= 0.3 is 0 Å². The molecule has 12 saturated heterocycles. The number of nitrogens with one attached hydrogen (secondary N) is 2. The van der Waals surface area contributed by atoms with Crippen LogP contribution >= 0.6 is 0 Å². The minimum atomic E-state index is -2.83. The molecule has 38 N–H and O–H groups in total. The molecule has 0 saturated carbocycles. The van der Waals surface area contributed by atoms with E-state index in [4.69, 9.17) is 109 Å². The molecule has 12 rings (SSSR count). The van der Waals surface area contributed by atoms with Crippen LogP contribution in [0, 0.1) is 0 Å². The van der Waals surface area contributed by atoms with E-state index in [1.54, 1.807) is 0 Å². The van der Waals surface area contributed by atoms with Crippen molar-refractivity contribution in [2.45, 2.75) is 382 Å². The van der Waals surface area contributed by atoms with Crippen LogP contribution in [0.1, 0.15) is 13.8 Å². The molecule has 0 aliphatic carbocycles. The molecule has 808 valence electrons. The van der Waals surface area contributed by atoms with Crippen LogP contribution < -0.4 is 10.6 Å². The molecule has 63 heteroatoms. The summed E-state index contributed by atoms with van der Waals surface area (Å²) in [4.78, 5) is 25.5. The molecule has 0 radical (unpaired) electrons. The average molecular weight is 2050 g/mol. The van der Waals surface area contributed by atoms with Gasteiger partial charge in [0.1, 0.15) is 293 Å². The lowest BCUT2D eigenvalue weighted by Crippen LogP contribution is -2.70. The molecule has 139 heavy (non-hydrogen) atoms. The minimum Gasteiger partial charge on any atom is -0.394 e. The predicted octanol–water partition coefficient (Wildman–Crippen LogP) is -26.9. The van der Waals surface area contributed by atoms with Gasteiger partial charge in [0.25, 0.3) is 0 Å². The zero-order valence-electron chi connectivity index (χ0n) is 73.4. The van der Waals surface area contributed by atoms with Crippen molar-refractivity contribution in [3.63, 3.8) is 0 Å². The van der Waals surface area contributed by atoms with Crippen LogP contribution in [0.2, 0.25) is 0 Å². The van der Waals surface area contributed by atoms with Gasteiger partial charge in [0.15, 0.2) is 75.5 Å². The van der Waals surface area contributed by atoms with Gasteiger partial charge in [-0.15, -0.1) is 0 Å². The second kappa shape index (κ2) is 49.8. The van der Waals surface area contributed by atoms with Crippen molar-refractivity contribution in [2.24, 2.45) is 0 Å². The van der Waals surface area contributed by atoms with Crippen molar-refractivity contribution in [2.75, 3.05) is 79.3 Å². The van der Waals surface area contributed by atoms with Crippen molar-refractivity contribution in [3.8, 4) is 0 Å². The van der Waals surface area contributed by atoms with E-state index < -0.39 is 459 Å². The quantitative estimate of drug-likeness (QED) is 0.0277. The van der Waals surface area contributed by atoms with Gasteiger partial charge in [-0.05, 0) is 0 Å². The smallest absolute Gasteiger partial charge is 0.217 e. The number of ether oxygens (including phenoxy) is 23. The maximum atomic E-state index is 13.2. The molecule has 0 bridgehead atoms. The van der Waals surface area contributed by atoms with Gasteiger partial charge in [-0.2, -0.15) is 0 Å². The fourth-order valence-corrected chi connectivity index (χ4v) is 17.9. The van der Waals surface area contributed by atoms with Crippen LogP contribution in [0.4, 0.5) is 0 Å². The summed E-state index contributed by atoms with van der Waals surface area (Å²) in [7, 11) is 0. The van der Waals surface area contributed by atoms with Gasteiger partial charge in [0.05, 0.1) is 79.3 Å². The van der Waals surface area contributed by atoms with Gasteiger partial charge in [-0.1, -0.05) is 0 Å². The van der Waals surface area contributed by atoms with Gasteiger partial charge in [0.2, 0.25) is 11.8 Å². The number of carbonyl (C=O) groups is 2. The number of aliphatic hydroxyl groups excluding tert-OH is 36. The molecular weight excluding hydrogens is 1920 g/mol. The molecular formula is C76H128N2O61. The second-order valence-corrected chi connectivity index (χ2v) is 35.2. The first-order valence-corrected chi connectivity index (χ1v) is 44.2. The Morgan fingerprint density at radius 3 is 0.777 bits per heavy atom. The lowest BCUT2D eigenvalue weighted by molar-refractivity contribution is -0.413. The van der Waals surface area contributed by atoms with Gasteiger partial charge in [-0.3, -0.25) is 9.59 Å². The number of aliphatic hydroxyl groups is 36. The summed E-state index contributed by atoms with van der Waals surface area (Å²) in [5.41, 5.74) is 0. The van der Waals surface area contributed by atoms with Crippen LogP contribution in [0.25, 0.3) is 0 Å². The van der Waals surface area contributed by atoms with Crippen molar-refractivity contribution in [1.29, 1.82) is 0 Å². The third-order valence-electron chi connectivity index (χ3n) is 25.9. The monoisotopic (exact) mass is 2040 g/mol. The van der Waals surface area contributed by atoms with E-state index in [1.807, 2.05) is 0 Å². The van der Waals surface area contributed by atoms with Crippen LogP contribution in [0.3, 0.4) is 0 Å². The number of hydrogen-bond acceptors (Lipinski definition) is 61. The lowest BCUT2D eigenvalue weighted by atomic mass is 9.94. The third-order valence-corrected chi connectivity index (χ3v) is 25.9. The molecule has 0 aromatic heterocycles. The maximum Gasteiger partial charge on any atom is 0.217 e. The van der Waals surface area contributed by atoms with E-state index in [-0.39, 0.29) is 0 Å². The molecule has 0 aromatic rings. The topological polar surface area (TPSA) is 999 Å². The van der Waals surface area contributed by atoms with Crippen LogP contribution in [0.5, 0.6) is 0 Å². The molecule has 12 heterocycles. The predicted molar refractivity (Wildman–Crippen MR) is 418 cm³/mol. The highest BCUT2D eigenvalue weighted by Gasteiger charge is 2.63. The summed E-state index contributed by atoms with van der Waals surface area (Å²) in [5.74, 6) is -1.88. The Kier molecular flexibility index (Phi) is 41.0. The normalized spacial score (nSPS) is 51.9. The fourth-order valence-electron chi connectivity index (χ4n) is 17.9. The van der Waals surface area contributed by atoms with E-state index in [0.29, 0.717) is 0 Å². The Balaban J connectivity index is 0.930.